The van der Waals surface area contributed by atoms with Crippen molar-refractivity contribution in [2.24, 2.45) is 0 Å². The van der Waals surface area contributed by atoms with Crippen LogP contribution in [0.3, 0.4) is 0 Å². The lowest BCUT2D eigenvalue weighted by Gasteiger charge is -2.00. The molecule has 0 fully saturated rings. The summed E-state index contributed by atoms with van der Waals surface area (Å²) < 4.78 is 25.1. The van der Waals surface area contributed by atoms with Gasteiger partial charge in [0.2, 0.25) is 0 Å². The van der Waals surface area contributed by atoms with E-state index in [1.807, 2.05) is 6.07 Å². The average molecular weight is 171 g/mol. The van der Waals surface area contributed by atoms with E-state index in [-0.39, 0.29) is 10.8 Å². The van der Waals surface area contributed by atoms with E-state index >= 15 is 0 Å². The monoisotopic (exact) mass is 170 g/mol. The van der Waals surface area contributed by atoms with Gasteiger partial charge in [-0.15, -0.1) is 0 Å². The van der Waals surface area contributed by atoms with E-state index in [2.05, 4.69) is 4.74 Å². The van der Waals surface area contributed by atoms with Gasteiger partial charge in [0.1, 0.15) is 5.75 Å². The van der Waals surface area contributed by atoms with E-state index < -0.39 is 7.04 Å². The lowest BCUT2D eigenvalue weighted by Crippen LogP contribution is -1.84. The molecule has 2 nitrogen and oxygen atoms in total. The quantitative estimate of drug-likeness (QED) is 0.648. The molecule has 11 heavy (non-hydrogen) atoms. The minimum Gasteiger partial charge on any atom is -0.495 e. The summed E-state index contributed by atoms with van der Waals surface area (Å²) in [4.78, 5) is 0. The van der Waals surface area contributed by atoms with Crippen LogP contribution in [0.1, 0.15) is 9.68 Å². The van der Waals surface area contributed by atoms with Crippen LogP contribution in [0.2, 0.25) is 5.02 Å². The molecule has 0 amide bonds. The Kier molecular flexibility index (Phi) is 1.38. The number of hydrogen-bond donors (Lipinski definition) is 0. The Morgan fingerprint density at radius 3 is 3.09 bits per heavy atom. The van der Waals surface area contributed by atoms with Gasteiger partial charge in [-0.3, -0.25) is 0 Å². The number of hydrogen-bond acceptors (Lipinski definition) is 2. The summed E-state index contributed by atoms with van der Waals surface area (Å²) in [6.07, 6.45) is 0. The highest BCUT2D eigenvalue weighted by Gasteiger charge is 1.99. The van der Waals surface area contributed by atoms with Crippen LogP contribution in [0.5, 0.6) is 5.75 Å². The van der Waals surface area contributed by atoms with Crippen molar-refractivity contribution in [2.45, 2.75) is 0 Å². The van der Waals surface area contributed by atoms with Crippen molar-refractivity contribution in [3.63, 3.8) is 0 Å². The molecule has 0 aliphatic rings. The molecule has 0 unspecified atom stereocenters. The summed E-state index contributed by atoms with van der Waals surface area (Å²) >= 11 is 5.69. The second kappa shape index (κ2) is 3.27. The molecular formula is C8H6ClNO. The van der Waals surface area contributed by atoms with Crippen LogP contribution in [0, 0.1) is 11.3 Å². The summed E-state index contributed by atoms with van der Waals surface area (Å²) in [6.45, 7) is 0. The molecule has 0 heterocycles. The Morgan fingerprint density at radius 2 is 2.55 bits per heavy atom. The first-order valence-electron chi connectivity index (χ1n) is 4.31. The fourth-order valence-corrected chi connectivity index (χ4v) is 0.872. The van der Waals surface area contributed by atoms with Gasteiger partial charge in [0.25, 0.3) is 0 Å². The Labute approximate surface area is 74.2 Å². The van der Waals surface area contributed by atoms with Gasteiger partial charge in [-0.1, -0.05) is 11.6 Å². The predicted octanol–water partition coefficient (Wildman–Crippen LogP) is 2.22. The van der Waals surface area contributed by atoms with E-state index in [1.165, 1.54) is 18.2 Å². The van der Waals surface area contributed by atoms with Crippen LogP contribution in [0.25, 0.3) is 0 Å². The highest BCUT2D eigenvalue weighted by molar-refractivity contribution is 6.32. The minimum absolute atomic E-state index is 0.0469. The van der Waals surface area contributed by atoms with E-state index in [1.54, 1.807) is 0 Å². The van der Waals surface area contributed by atoms with Crippen molar-refractivity contribution in [3.05, 3.63) is 28.8 Å². The van der Waals surface area contributed by atoms with E-state index in [0.717, 1.165) is 0 Å². The lowest BCUT2D eigenvalue weighted by molar-refractivity contribution is 0.415. The smallest absolute Gasteiger partial charge is 0.137 e. The predicted molar refractivity (Wildman–Crippen MR) is 42.7 cm³/mol. The number of nitriles is 1. The maximum atomic E-state index is 8.52. The van der Waals surface area contributed by atoms with Gasteiger partial charge < -0.3 is 4.74 Å². The zero-order valence-electron chi connectivity index (χ0n) is 8.47. The molecule has 0 saturated carbocycles. The van der Waals surface area contributed by atoms with Crippen LogP contribution < -0.4 is 4.74 Å². The maximum absolute atomic E-state index is 8.52. The molecule has 0 aliphatic heterocycles. The highest BCUT2D eigenvalue weighted by atomic mass is 35.5. The topological polar surface area (TPSA) is 33.0 Å². The molecule has 0 aliphatic carbocycles. The number of benzene rings is 1. The van der Waals surface area contributed by atoms with Crippen molar-refractivity contribution < 1.29 is 8.85 Å². The fraction of sp³-hybridized carbons (Fsp3) is 0.125. The van der Waals surface area contributed by atoms with E-state index in [9.17, 15) is 0 Å². The molecule has 0 bridgehead atoms. The van der Waals surface area contributed by atoms with Gasteiger partial charge in [0, 0.05) is 0 Å². The maximum Gasteiger partial charge on any atom is 0.137 e. The molecule has 1 rings (SSSR count). The second-order valence-electron chi connectivity index (χ2n) is 1.86. The Bertz CT molecular complexity index is 383. The van der Waals surface area contributed by atoms with Gasteiger partial charge in [-0.05, 0) is 18.2 Å². The van der Waals surface area contributed by atoms with Crippen LogP contribution >= 0.6 is 11.6 Å². The number of rotatable bonds is 1. The fourth-order valence-electron chi connectivity index (χ4n) is 0.653. The van der Waals surface area contributed by atoms with Gasteiger partial charge >= 0.3 is 0 Å². The molecule has 0 spiro atoms. The molecule has 0 aromatic heterocycles. The number of methoxy groups -OCH3 is 1. The Morgan fingerprint density at radius 1 is 1.73 bits per heavy atom. The molecule has 0 saturated heterocycles. The van der Waals surface area contributed by atoms with Crippen molar-refractivity contribution in [1.82, 2.24) is 0 Å². The second-order valence-corrected chi connectivity index (χ2v) is 2.27. The average Bonchev–Trinajstić information content (AvgIpc) is 2.06. The summed E-state index contributed by atoms with van der Waals surface area (Å²) in [5.41, 5.74) is 0.355. The molecule has 1 aromatic rings. The minimum atomic E-state index is -2.53. The normalized spacial score (nSPS) is 14.0. The van der Waals surface area contributed by atoms with Crippen LogP contribution in [0.4, 0.5) is 0 Å². The molecule has 3 heteroatoms. The van der Waals surface area contributed by atoms with Crippen molar-refractivity contribution in [3.8, 4) is 11.8 Å². The summed E-state index contributed by atoms with van der Waals surface area (Å²) in [5, 5.41) is 8.64. The zero-order valence-corrected chi connectivity index (χ0v) is 6.22. The number of ether oxygens (including phenoxy) is 1. The van der Waals surface area contributed by atoms with Crippen molar-refractivity contribution >= 4 is 11.6 Å². The first-order chi connectivity index (χ1) is 6.42. The van der Waals surface area contributed by atoms with Gasteiger partial charge in [0.15, 0.2) is 0 Å². The Balaban J connectivity index is 2.97. The van der Waals surface area contributed by atoms with E-state index in [0.29, 0.717) is 5.56 Å². The van der Waals surface area contributed by atoms with Gasteiger partial charge in [-0.2, -0.15) is 5.26 Å². The summed E-state index contributed by atoms with van der Waals surface area (Å²) in [7, 11) is -2.53. The first kappa shape index (κ1) is 4.63. The SMILES string of the molecule is [2H]C([2H])([2H])Oc1ccc(C#N)cc1Cl. The molecule has 0 radical (unpaired) electrons. The molecule has 0 atom stereocenters. The number of nitrogens with zero attached hydrogens (tertiary/aromatic N) is 1. The standard InChI is InChI=1S/C8H6ClNO/c1-11-8-3-2-6(5-10)4-7(8)9/h2-4H,1H3/i1D3. The highest BCUT2D eigenvalue weighted by Crippen LogP contribution is 2.24. The molecule has 1 aromatic carbocycles. The number of halogens is 1. The zero-order chi connectivity index (χ0) is 10.8. The molecular weight excluding hydrogens is 162 g/mol. The van der Waals surface area contributed by atoms with Crippen molar-refractivity contribution in [2.75, 3.05) is 7.04 Å². The van der Waals surface area contributed by atoms with Crippen molar-refractivity contribution in [1.29, 1.82) is 5.26 Å². The molecule has 56 valence electrons. The van der Waals surface area contributed by atoms with Crippen LogP contribution in [0.15, 0.2) is 18.2 Å². The molecule has 0 N–H and O–H groups in total. The Hall–Kier alpha value is -1.20. The largest absolute Gasteiger partial charge is 0.495 e. The first-order valence-corrected chi connectivity index (χ1v) is 3.19. The summed E-state index contributed by atoms with van der Waals surface area (Å²) in [5.74, 6) is 0.0469. The lowest BCUT2D eigenvalue weighted by atomic mass is 10.2. The third kappa shape index (κ3) is 1.63. The third-order valence-electron chi connectivity index (χ3n) is 1.17. The van der Waals surface area contributed by atoms with Crippen LogP contribution in [-0.2, 0) is 0 Å². The van der Waals surface area contributed by atoms with Gasteiger partial charge in [-0.25, -0.2) is 0 Å². The third-order valence-corrected chi connectivity index (χ3v) is 1.47. The summed E-state index contributed by atoms with van der Waals surface area (Å²) in [6, 6.07) is 6.02. The van der Waals surface area contributed by atoms with E-state index in [4.69, 9.17) is 21.0 Å². The van der Waals surface area contributed by atoms with Crippen LogP contribution in [-0.4, -0.2) is 7.04 Å². The van der Waals surface area contributed by atoms with Gasteiger partial charge in [0.05, 0.1) is 27.8 Å².